The summed E-state index contributed by atoms with van der Waals surface area (Å²) in [5, 5.41) is 5.77. The fraction of sp³-hybridized carbons (Fsp3) is 0.286. The number of likely N-dealkylation sites (N-methyl/N-ethyl adjacent to an activating group) is 1. The number of nitrogens with one attached hydrogen (secondary N) is 2. The Bertz CT molecular complexity index is 981. The van der Waals surface area contributed by atoms with E-state index < -0.39 is 0 Å². The summed E-state index contributed by atoms with van der Waals surface area (Å²) in [4.78, 5) is 18.5. The third kappa shape index (κ3) is 3.70. The Balaban J connectivity index is 1.52. The first-order chi connectivity index (χ1) is 13.0. The van der Waals surface area contributed by atoms with Gasteiger partial charge in [-0.15, -0.1) is 0 Å². The van der Waals surface area contributed by atoms with Crippen molar-refractivity contribution in [2.75, 3.05) is 13.6 Å². The number of aromatic amines is 1. The van der Waals surface area contributed by atoms with Crippen molar-refractivity contribution < 1.29 is 4.79 Å². The van der Waals surface area contributed by atoms with Crippen LogP contribution in [0.4, 0.5) is 0 Å². The minimum absolute atomic E-state index is 0.120. The van der Waals surface area contributed by atoms with E-state index in [-0.39, 0.29) is 11.9 Å². The zero-order valence-corrected chi connectivity index (χ0v) is 16.6. The van der Waals surface area contributed by atoms with Crippen molar-refractivity contribution in [2.45, 2.75) is 25.4 Å². The number of benzene rings is 2. The van der Waals surface area contributed by atoms with Crippen LogP contribution in [0.15, 0.2) is 42.5 Å². The van der Waals surface area contributed by atoms with Gasteiger partial charge in [0, 0.05) is 33.2 Å². The van der Waals surface area contributed by atoms with Gasteiger partial charge in [0.25, 0.3) is 0 Å². The van der Waals surface area contributed by atoms with Gasteiger partial charge < -0.3 is 15.2 Å². The molecular formula is C21H21Cl2N3O. The molecule has 6 heteroatoms. The molecule has 0 radical (unpaired) electrons. The first-order valence-electron chi connectivity index (χ1n) is 9.04. The number of H-pyrrole nitrogens is 1. The average Bonchev–Trinajstić information content (AvgIpc) is 3.04. The second-order valence-electron chi connectivity index (χ2n) is 6.95. The third-order valence-corrected chi connectivity index (χ3v) is 5.74. The zero-order chi connectivity index (χ0) is 19.0. The minimum Gasteiger partial charge on any atom is -0.357 e. The van der Waals surface area contributed by atoms with Crippen LogP contribution in [0.5, 0.6) is 0 Å². The Labute approximate surface area is 168 Å². The molecule has 1 aliphatic heterocycles. The van der Waals surface area contributed by atoms with E-state index in [1.807, 2.05) is 54.4 Å². The predicted octanol–water partition coefficient (Wildman–Crippen LogP) is 4.19. The van der Waals surface area contributed by atoms with Crippen molar-refractivity contribution in [3.05, 3.63) is 69.3 Å². The number of nitrogens with zero attached hydrogens (tertiary/aromatic N) is 1. The fourth-order valence-electron chi connectivity index (χ4n) is 3.79. The molecule has 0 bridgehead atoms. The molecule has 0 spiro atoms. The molecular weight excluding hydrogens is 381 g/mol. The van der Waals surface area contributed by atoms with Gasteiger partial charge in [-0.1, -0.05) is 35.3 Å². The monoisotopic (exact) mass is 401 g/mol. The number of rotatable bonds is 4. The molecule has 0 saturated heterocycles. The summed E-state index contributed by atoms with van der Waals surface area (Å²) in [6, 6.07) is 13.3. The Kier molecular flexibility index (Phi) is 5.13. The van der Waals surface area contributed by atoms with E-state index >= 15 is 0 Å². The summed E-state index contributed by atoms with van der Waals surface area (Å²) in [6.45, 7) is 1.31. The van der Waals surface area contributed by atoms with E-state index in [4.69, 9.17) is 23.2 Å². The molecule has 1 aromatic heterocycles. The Hall–Kier alpha value is -2.01. The minimum atomic E-state index is -0.258. The van der Waals surface area contributed by atoms with E-state index in [0.717, 1.165) is 33.6 Å². The van der Waals surface area contributed by atoms with Crippen LogP contribution in [-0.2, 0) is 24.2 Å². The summed E-state index contributed by atoms with van der Waals surface area (Å²) in [5.41, 5.74) is 4.54. The maximum absolute atomic E-state index is 13.1. The van der Waals surface area contributed by atoms with Gasteiger partial charge in [0.2, 0.25) is 5.91 Å². The van der Waals surface area contributed by atoms with E-state index in [0.29, 0.717) is 24.5 Å². The van der Waals surface area contributed by atoms with Gasteiger partial charge in [-0.2, -0.15) is 0 Å². The molecule has 2 aromatic carbocycles. The van der Waals surface area contributed by atoms with Crippen molar-refractivity contribution in [2.24, 2.45) is 0 Å². The molecule has 0 saturated carbocycles. The van der Waals surface area contributed by atoms with E-state index in [1.54, 1.807) is 0 Å². The molecule has 3 aromatic rings. The smallest absolute Gasteiger partial charge is 0.240 e. The maximum Gasteiger partial charge on any atom is 0.240 e. The number of halogens is 2. The Morgan fingerprint density at radius 1 is 1.19 bits per heavy atom. The molecule has 140 valence electrons. The molecule has 1 aliphatic rings. The van der Waals surface area contributed by atoms with Gasteiger partial charge in [-0.3, -0.25) is 4.79 Å². The van der Waals surface area contributed by atoms with Crippen LogP contribution in [0, 0.1) is 0 Å². The molecule has 1 unspecified atom stereocenters. The lowest BCUT2D eigenvalue weighted by Crippen LogP contribution is -2.48. The van der Waals surface area contributed by atoms with E-state index in [1.165, 1.54) is 5.56 Å². The molecule has 0 aliphatic carbocycles. The molecule has 4 rings (SSSR count). The van der Waals surface area contributed by atoms with E-state index in [2.05, 4.69) is 10.3 Å². The number of aromatic nitrogens is 1. The number of carbonyl (C=O) groups excluding carboxylic acids is 1. The van der Waals surface area contributed by atoms with Gasteiger partial charge in [-0.05, 0) is 61.3 Å². The highest BCUT2D eigenvalue weighted by molar-refractivity contribution is 6.31. The molecule has 4 nitrogen and oxygen atoms in total. The van der Waals surface area contributed by atoms with Gasteiger partial charge in [-0.25, -0.2) is 0 Å². The summed E-state index contributed by atoms with van der Waals surface area (Å²) < 4.78 is 0. The molecule has 2 heterocycles. The Morgan fingerprint density at radius 2 is 1.93 bits per heavy atom. The SMILES string of the molecule is CNC(Cc1ccc(Cl)cc1)C(=O)N1CCc2c([nH]c3ccc(Cl)cc23)C1. The summed E-state index contributed by atoms with van der Waals surface area (Å²) >= 11 is 12.1. The predicted molar refractivity (Wildman–Crippen MR) is 110 cm³/mol. The van der Waals surface area contributed by atoms with Gasteiger partial charge in [0.05, 0.1) is 12.6 Å². The highest BCUT2D eigenvalue weighted by atomic mass is 35.5. The van der Waals surface area contributed by atoms with Gasteiger partial charge in [0.15, 0.2) is 0 Å². The van der Waals surface area contributed by atoms with Crippen LogP contribution >= 0.6 is 23.2 Å². The van der Waals surface area contributed by atoms with Crippen LogP contribution in [-0.4, -0.2) is 35.4 Å². The summed E-state index contributed by atoms with van der Waals surface area (Å²) in [7, 11) is 1.83. The highest BCUT2D eigenvalue weighted by Gasteiger charge is 2.28. The summed E-state index contributed by atoms with van der Waals surface area (Å²) in [5.74, 6) is 0.120. The van der Waals surface area contributed by atoms with Crippen LogP contribution in [0.1, 0.15) is 16.8 Å². The lowest BCUT2D eigenvalue weighted by Gasteiger charge is -2.30. The molecule has 0 fully saturated rings. The number of hydrogen-bond acceptors (Lipinski definition) is 2. The first kappa shape index (κ1) is 18.4. The van der Waals surface area contributed by atoms with Crippen LogP contribution in [0.25, 0.3) is 10.9 Å². The summed E-state index contributed by atoms with van der Waals surface area (Å²) in [6.07, 6.45) is 1.47. The van der Waals surface area contributed by atoms with Gasteiger partial charge >= 0.3 is 0 Å². The lowest BCUT2D eigenvalue weighted by atomic mass is 10.0. The topological polar surface area (TPSA) is 48.1 Å². The second kappa shape index (κ2) is 7.55. The number of amides is 1. The zero-order valence-electron chi connectivity index (χ0n) is 15.1. The van der Waals surface area contributed by atoms with Crippen LogP contribution < -0.4 is 5.32 Å². The maximum atomic E-state index is 13.1. The average molecular weight is 402 g/mol. The Morgan fingerprint density at radius 3 is 2.67 bits per heavy atom. The van der Waals surface area contributed by atoms with Crippen LogP contribution in [0.3, 0.4) is 0 Å². The molecule has 1 amide bonds. The highest BCUT2D eigenvalue weighted by Crippen LogP contribution is 2.30. The van der Waals surface area contributed by atoms with Crippen molar-refractivity contribution in [3.8, 4) is 0 Å². The van der Waals surface area contributed by atoms with Crippen molar-refractivity contribution in [3.63, 3.8) is 0 Å². The third-order valence-electron chi connectivity index (χ3n) is 5.25. The number of hydrogen-bond donors (Lipinski definition) is 2. The van der Waals surface area contributed by atoms with Gasteiger partial charge in [0.1, 0.15) is 0 Å². The normalized spacial score (nSPS) is 15.0. The molecule has 1 atom stereocenters. The molecule has 27 heavy (non-hydrogen) atoms. The first-order valence-corrected chi connectivity index (χ1v) is 9.80. The number of fused-ring (bicyclic) bond motifs is 3. The van der Waals surface area contributed by atoms with Crippen molar-refractivity contribution in [1.82, 2.24) is 15.2 Å². The van der Waals surface area contributed by atoms with Crippen molar-refractivity contribution in [1.29, 1.82) is 0 Å². The van der Waals surface area contributed by atoms with Crippen LogP contribution in [0.2, 0.25) is 10.0 Å². The fourth-order valence-corrected chi connectivity index (χ4v) is 4.09. The number of carbonyl (C=O) groups is 1. The standard InChI is InChI=1S/C21H21Cl2N3O/c1-24-19(10-13-2-4-14(22)5-3-13)21(27)26-9-8-16-17-11-15(23)6-7-18(17)25-20(16)12-26/h2-7,11,19,24-25H,8-10,12H2,1H3. The largest absolute Gasteiger partial charge is 0.357 e. The van der Waals surface area contributed by atoms with Crippen molar-refractivity contribution >= 4 is 40.0 Å². The lowest BCUT2D eigenvalue weighted by molar-refractivity contribution is -0.134. The van der Waals surface area contributed by atoms with E-state index in [9.17, 15) is 4.79 Å². The molecule has 2 N–H and O–H groups in total. The second-order valence-corrected chi connectivity index (χ2v) is 7.83. The quantitative estimate of drug-likeness (QED) is 0.688.